The third kappa shape index (κ3) is 4.60. The second-order valence-electron chi connectivity index (χ2n) is 9.12. The van der Waals surface area contributed by atoms with Crippen molar-refractivity contribution in [1.82, 2.24) is 19.8 Å². The average molecular weight is 476 g/mol. The molecule has 5 rings (SSSR count). The second kappa shape index (κ2) is 10.3. The molecule has 2 saturated heterocycles. The molecule has 0 unspecified atom stereocenters. The van der Waals surface area contributed by atoms with E-state index >= 15 is 0 Å². The highest BCUT2D eigenvalue weighted by atomic mass is 32.1. The van der Waals surface area contributed by atoms with Gasteiger partial charge < -0.3 is 19.5 Å². The molecule has 7 heteroatoms. The lowest BCUT2D eigenvalue weighted by atomic mass is 9.96. The molecule has 3 aromatic rings. The number of para-hydroxylation sites is 1. The van der Waals surface area contributed by atoms with Crippen LogP contribution in [0.25, 0.3) is 0 Å². The summed E-state index contributed by atoms with van der Waals surface area (Å²) >= 11 is 5.87. The number of benzene rings is 1. The molecular weight excluding hydrogens is 442 g/mol. The van der Waals surface area contributed by atoms with Gasteiger partial charge in [0.2, 0.25) is 0 Å². The molecule has 178 valence electrons. The number of hydrogen-bond donors (Lipinski definition) is 1. The minimum absolute atomic E-state index is 0.0174. The molecule has 6 nitrogen and oxygen atoms in total. The highest BCUT2D eigenvalue weighted by Crippen LogP contribution is 2.43. The lowest BCUT2D eigenvalue weighted by molar-refractivity contribution is 0.0369. The molecular formula is C27H33N5OS. The number of aromatic nitrogens is 2. The molecule has 2 aliphatic rings. The zero-order valence-electron chi connectivity index (χ0n) is 20.0. The van der Waals surface area contributed by atoms with E-state index in [9.17, 15) is 0 Å². The quantitative estimate of drug-likeness (QED) is 0.511. The summed E-state index contributed by atoms with van der Waals surface area (Å²) in [6.45, 7) is 10.4. The summed E-state index contributed by atoms with van der Waals surface area (Å²) in [6, 6.07) is 18.9. The average Bonchev–Trinajstić information content (AvgIpc) is 3.36. The summed E-state index contributed by atoms with van der Waals surface area (Å²) in [5.41, 5.74) is 6.00. The maximum atomic E-state index is 5.87. The molecule has 4 heterocycles. The van der Waals surface area contributed by atoms with Gasteiger partial charge in [-0.1, -0.05) is 24.3 Å². The van der Waals surface area contributed by atoms with Gasteiger partial charge in [-0.2, -0.15) is 0 Å². The summed E-state index contributed by atoms with van der Waals surface area (Å²) < 4.78 is 7.96. The van der Waals surface area contributed by atoms with E-state index in [1.165, 1.54) is 17.0 Å². The molecule has 0 spiro atoms. The van der Waals surface area contributed by atoms with Gasteiger partial charge in [0.05, 0.1) is 31.0 Å². The molecule has 0 bridgehead atoms. The van der Waals surface area contributed by atoms with Crippen molar-refractivity contribution in [2.45, 2.75) is 38.9 Å². The maximum absolute atomic E-state index is 5.87. The van der Waals surface area contributed by atoms with E-state index in [0.29, 0.717) is 0 Å². The van der Waals surface area contributed by atoms with Crippen molar-refractivity contribution in [2.75, 3.05) is 37.7 Å². The van der Waals surface area contributed by atoms with Gasteiger partial charge >= 0.3 is 0 Å². The lowest BCUT2D eigenvalue weighted by Gasteiger charge is -2.28. The minimum Gasteiger partial charge on any atom is -0.379 e. The van der Waals surface area contributed by atoms with Crippen LogP contribution in [0.5, 0.6) is 0 Å². The van der Waals surface area contributed by atoms with Crippen molar-refractivity contribution >= 4 is 23.0 Å². The zero-order chi connectivity index (χ0) is 23.5. The predicted molar refractivity (Wildman–Crippen MR) is 140 cm³/mol. The van der Waals surface area contributed by atoms with Crippen LogP contribution in [0.2, 0.25) is 0 Å². The summed E-state index contributed by atoms with van der Waals surface area (Å²) in [4.78, 5) is 9.45. The van der Waals surface area contributed by atoms with Crippen LogP contribution in [-0.2, 0) is 11.3 Å². The number of anilines is 1. The Morgan fingerprint density at radius 1 is 1.03 bits per heavy atom. The van der Waals surface area contributed by atoms with E-state index in [4.69, 9.17) is 17.0 Å². The number of morpholine rings is 1. The minimum atomic E-state index is -0.0174. The third-order valence-corrected chi connectivity index (χ3v) is 7.34. The first-order chi connectivity index (χ1) is 16.6. The van der Waals surface area contributed by atoms with E-state index in [1.807, 2.05) is 24.4 Å². The van der Waals surface area contributed by atoms with Crippen LogP contribution >= 0.6 is 12.2 Å². The fourth-order valence-corrected chi connectivity index (χ4v) is 5.63. The highest BCUT2D eigenvalue weighted by Gasteiger charge is 2.42. The first kappa shape index (κ1) is 23.0. The van der Waals surface area contributed by atoms with Crippen LogP contribution < -0.4 is 10.2 Å². The first-order valence-electron chi connectivity index (χ1n) is 12.2. The molecule has 2 atom stereocenters. The lowest BCUT2D eigenvalue weighted by Crippen LogP contribution is -2.37. The summed E-state index contributed by atoms with van der Waals surface area (Å²) in [5.74, 6) is 0. The Hall–Kier alpha value is -2.74. The number of rotatable bonds is 7. The summed E-state index contributed by atoms with van der Waals surface area (Å²) in [7, 11) is 0. The molecule has 0 amide bonds. The molecule has 1 aromatic carbocycles. The van der Waals surface area contributed by atoms with E-state index < -0.39 is 0 Å². The Morgan fingerprint density at radius 2 is 1.79 bits per heavy atom. The smallest absolute Gasteiger partial charge is 0.174 e. The van der Waals surface area contributed by atoms with Crippen LogP contribution in [0.3, 0.4) is 0 Å². The van der Waals surface area contributed by atoms with E-state index in [1.54, 1.807) is 0 Å². The number of ether oxygens (including phenoxy) is 1. The Kier molecular flexibility index (Phi) is 6.94. The molecule has 0 saturated carbocycles. The van der Waals surface area contributed by atoms with Gasteiger partial charge in [-0.05, 0) is 68.4 Å². The van der Waals surface area contributed by atoms with E-state index in [0.717, 1.165) is 62.3 Å². The number of aryl methyl sites for hydroxylation is 1. The van der Waals surface area contributed by atoms with Gasteiger partial charge in [0.15, 0.2) is 5.11 Å². The maximum Gasteiger partial charge on any atom is 0.174 e. The first-order valence-corrected chi connectivity index (χ1v) is 12.6. The Bertz CT molecular complexity index is 1110. The van der Waals surface area contributed by atoms with Crippen LogP contribution in [0.4, 0.5) is 5.69 Å². The van der Waals surface area contributed by atoms with Crippen LogP contribution in [-0.4, -0.2) is 52.4 Å². The molecule has 1 N–H and O–H groups in total. The van der Waals surface area contributed by atoms with Crippen molar-refractivity contribution < 1.29 is 4.74 Å². The van der Waals surface area contributed by atoms with Gasteiger partial charge in [0.25, 0.3) is 0 Å². The summed E-state index contributed by atoms with van der Waals surface area (Å²) in [6.07, 6.45) is 2.99. The fourth-order valence-electron chi connectivity index (χ4n) is 5.29. The number of thiocarbonyl (C=S) groups is 1. The number of nitrogens with zero attached hydrogens (tertiary/aromatic N) is 4. The van der Waals surface area contributed by atoms with E-state index in [-0.39, 0.29) is 12.1 Å². The van der Waals surface area contributed by atoms with Gasteiger partial charge in [0, 0.05) is 49.5 Å². The molecule has 34 heavy (non-hydrogen) atoms. The van der Waals surface area contributed by atoms with Crippen LogP contribution in [0.15, 0.2) is 60.8 Å². The van der Waals surface area contributed by atoms with Crippen LogP contribution in [0, 0.1) is 13.8 Å². The van der Waals surface area contributed by atoms with Crippen LogP contribution in [0.1, 0.15) is 41.1 Å². The van der Waals surface area contributed by atoms with Gasteiger partial charge in [-0.15, -0.1) is 0 Å². The number of hydrogen-bond acceptors (Lipinski definition) is 4. The second-order valence-corrected chi connectivity index (χ2v) is 9.50. The van der Waals surface area contributed by atoms with Crippen molar-refractivity contribution in [2.24, 2.45) is 0 Å². The monoisotopic (exact) mass is 475 g/mol. The Morgan fingerprint density at radius 3 is 2.53 bits per heavy atom. The van der Waals surface area contributed by atoms with E-state index in [2.05, 4.69) is 74.9 Å². The van der Waals surface area contributed by atoms with Crippen molar-refractivity contribution in [1.29, 1.82) is 0 Å². The topological polar surface area (TPSA) is 45.6 Å². The molecule has 2 aromatic heterocycles. The Labute approximate surface area is 207 Å². The normalized spacial score (nSPS) is 21.1. The largest absolute Gasteiger partial charge is 0.379 e. The standard InChI is InChI=1S/C27H33N5OS/c1-20-19-23(21(2)31(20)14-8-13-30-15-17-33-18-16-30)26-25(24-11-6-7-12-28-24)29-27(34)32(26)22-9-4-3-5-10-22/h3-7,9-12,19,25-26H,8,13-18H2,1-2H3,(H,29,34)/t25-,26+/m1/s1. The van der Waals surface area contributed by atoms with Gasteiger partial charge in [-0.3, -0.25) is 9.88 Å². The predicted octanol–water partition coefficient (Wildman–Crippen LogP) is 4.40. The molecule has 0 aliphatic carbocycles. The van der Waals surface area contributed by atoms with Crippen molar-refractivity contribution in [3.8, 4) is 0 Å². The van der Waals surface area contributed by atoms with Gasteiger partial charge in [0.1, 0.15) is 0 Å². The molecule has 2 fully saturated rings. The third-order valence-electron chi connectivity index (χ3n) is 7.02. The van der Waals surface area contributed by atoms with Gasteiger partial charge in [-0.25, -0.2) is 0 Å². The molecule has 2 aliphatic heterocycles. The fraction of sp³-hybridized carbons (Fsp3) is 0.407. The Balaban J connectivity index is 1.45. The number of nitrogens with one attached hydrogen (secondary N) is 1. The molecule has 0 radical (unpaired) electrons. The highest BCUT2D eigenvalue weighted by molar-refractivity contribution is 7.80. The number of pyridine rings is 1. The van der Waals surface area contributed by atoms with Crippen molar-refractivity contribution in [3.63, 3.8) is 0 Å². The summed E-state index contributed by atoms with van der Waals surface area (Å²) in [5, 5.41) is 4.32. The van der Waals surface area contributed by atoms with Crippen molar-refractivity contribution in [3.05, 3.63) is 83.4 Å². The zero-order valence-corrected chi connectivity index (χ0v) is 20.8. The SMILES string of the molecule is Cc1cc([C@H]2[C@@H](c3ccccn3)NC(=S)N2c2ccccc2)c(C)n1CCCN1CCOCC1.